The maximum atomic E-state index is 12.9. The zero-order valence-corrected chi connectivity index (χ0v) is 12.8. The number of hydrogen-bond donors (Lipinski definition) is 0. The third-order valence-electron chi connectivity index (χ3n) is 4.82. The standard InChI is InChI=1S/C15H21F3N2O3/c16-15(17,18)14(22)19-7-1-2-12(19)13(21)20(10-3-4-10)11-5-8-23-9-6-11/h10-12H,1-9H2. The molecule has 3 rings (SSSR count). The van der Waals surface area contributed by atoms with Crippen molar-refractivity contribution in [2.75, 3.05) is 19.8 Å². The number of rotatable bonds is 3. The highest BCUT2D eigenvalue weighted by atomic mass is 19.4. The molecule has 0 aromatic carbocycles. The van der Waals surface area contributed by atoms with Gasteiger partial charge in [-0.25, -0.2) is 0 Å². The van der Waals surface area contributed by atoms with Gasteiger partial charge in [-0.3, -0.25) is 9.59 Å². The SMILES string of the molecule is O=C(C1CCCN1C(=O)C(F)(F)F)N(C1CCOCC1)C1CC1. The van der Waals surface area contributed by atoms with Crippen LogP contribution in [0.3, 0.4) is 0 Å². The summed E-state index contributed by atoms with van der Waals surface area (Å²) in [4.78, 5) is 26.9. The topological polar surface area (TPSA) is 49.9 Å². The van der Waals surface area contributed by atoms with E-state index < -0.39 is 18.1 Å². The van der Waals surface area contributed by atoms with Crippen LogP contribution in [0.4, 0.5) is 13.2 Å². The van der Waals surface area contributed by atoms with Gasteiger partial charge in [0.2, 0.25) is 5.91 Å². The van der Waals surface area contributed by atoms with Crippen LogP contribution >= 0.6 is 0 Å². The van der Waals surface area contributed by atoms with Gasteiger partial charge >= 0.3 is 12.1 Å². The number of nitrogens with zero attached hydrogens (tertiary/aromatic N) is 2. The van der Waals surface area contributed by atoms with Gasteiger partial charge in [0.15, 0.2) is 0 Å². The molecule has 8 heteroatoms. The molecule has 0 aromatic rings. The van der Waals surface area contributed by atoms with Crippen molar-refractivity contribution in [3.63, 3.8) is 0 Å². The van der Waals surface area contributed by atoms with Crippen LogP contribution in [-0.2, 0) is 14.3 Å². The lowest BCUT2D eigenvalue weighted by atomic mass is 10.0. The van der Waals surface area contributed by atoms with E-state index in [9.17, 15) is 22.8 Å². The molecule has 0 bridgehead atoms. The quantitative estimate of drug-likeness (QED) is 0.789. The molecule has 3 aliphatic rings. The van der Waals surface area contributed by atoms with E-state index in [4.69, 9.17) is 4.74 Å². The first-order chi connectivity index (χ1) is 10.9. The van der Waals surface area contributed by atoms with Crippen molar-refractivity contribution in [3.8, 4) is 0 Å². The summed E-state index contributed by atoms with van der Waals surface area (Å²) in [5, 5.41) is 0. The van der Waals surface area contributed by atoms with Crippen LogP contribution < -0.4 is 0 Å². The minimum Gasteiger partial charge on any atom is -0.381 e. The van der Waals surface area contributed by atoms with Crippen LogP contribution in [0.15, 0.2) is 0 Å². The molecule has 2 amide bonds. The molecule has 0 radical (unpaired) electrons. The normalized spacial score (nSPS) is 26.4. The Balaban J connectivity index is 1.75. The highest BCUT2D eigenvalue weighted by Crippen LogP contribution is 2.35. The van der Waals surface area contributed by atoms with Crippen LogP contribution in [0.25, 0.3) is 0 Å². The second-order valence-corrected chi connectivity index (χ2v) is 6.47. The van der Waals surface area contributed by atoms with Crippen molar-refractivity contribution in [3.05, 3.63) is 0 Å². The Bertz CT molecular complexity index is 473. The average Bonchev–Trinajstić information content (AvgIpc) is 3.22. The molecule has 2 heterocycles. The van der Waals surface area contributed by atoms with Crippen molar-refractivity contribution in [1.82, 2.24) is 9.80 Å². The first kappa shape index (κ1) is 16.5. The zero-order valence-electron chi connectivity index (χ0n) is 12.8. The summed E-state index contributed by atoms with van der Waals surface area (Å²) in [6.45, 7) is 1.13. The first-order valence-corrected chi connectivity index (χ1v) is 8.17. The molecule has 3 fully saturated rings. The largest absolute Gasteiger partial charge is 0.471 e. The lowest BCUT2D eigenvalue weighted by Crippen LogP contribution is -2.55. The molecular weight excluding hydrogens is 313 g/mol. The number of amides is 2. The molecular formula is C15H21F3N2O3. The van der Waals surface area contributed by atoms with Crippen LogP contribution in [0.2, 0.25) is 0 Å². The Morgan fingerprint density at radius 1 is 1.00 bits per heavy atom. The van der Waals surface area contributed by atoms with Crippen LogP contribution in [0, 0.1) is 0 Å². The van der Waals surface area contributed by atoms with Gasteiger partial charge in [-0.15, -0.1) is 0 Å². The predicted octanol–water partition coefficient (Wildman–Crippen LogP) is 1.71. The second-order valence-electron chi connectivity index (χ2n) is 6.47. The smallest absolute Gasteiger partial charge is 0.381 e. The molecule has 1 atom stereocenters. The maximum Gasteiger partial charge on any atom is 0.471 e. The summed E-state index contributed by atoms with van der Waals surface area (Å²) in [7, 11) is 0. The monoisotopic (exact) mass is 334 g/mol. The molecule has 1 saturated carbocycles. The van der Waals surface area contributed by atoms with Crippen molar-refractivity contribution < 1.29 is 27.5 Å². The summed E-state index contributed by atoms with van der Waals surface area (Å²) in [5.74, 6) is -2.20. The Hall–Kier alpha value is -1.31. The number of alkyl halides is 3. The minimum absolute atomic E-state index is 0.00103. The van der Waals surface area contributed by atoms with Gasteiger partial charge in [0.1, 0.15) is 6.04 Å². The second kappa shape index (κ2) is 6.30. The van der Waals surface area contributed by atoms with E-state index in [2.05, 4.69) is 0 Å². The number of hydrogen-bond acceptors (Lipinski definition) is 3. The predicted molar refractivity (Wildman–Crippen MR) is 74.5 cm³/mol. The van der Waals surface area contributed by atoms with E-state index in [0.29, 0.717) is 38.9 Å². The van der Waals surface area contributed by atoms with E-state index in [1.165, 1.54) is 0 Å². The van der Waals surface area contributed by atoms with Gasteiger partial charge in [0, 0.05) is 31.8 Å². The molecule has 0 aromatic heterocycles. The molecule has 0 spiro atoms. The van der Waals surface area contributed by atoms with Gasteiger partial charge in [-0.05, 0) is 38.5 Å². The number of carbonyl (C=O) groups is 2. The third-order valence-corrected chi connectivity index (χ3v) is 4.82. The van der Waals surface area contributed by atoms with Crippen molar-refractivity contribution in [2.24, 2.45) is 0 Å². The van der Waals surface area contributed by atoms with Crippen LogP contribution in [-0.4, -0.2) is 65.7 Å². The third kappa shape index (κ3) is 3.46. The lowest BCUT2D eigenvalue weighted by Gasteiger charge is -2.38. The van der Waals surface area contributed by atoms with Crippen LogP contribution in [0.5, 0.6) is 0 Å². The summed E-state index contributed by atoms with van der Waals surface area (Å²) >= 11 is 0. The molecule has 130 valence electrons. The minimum atomic E-state index is -4.92. The van der Waals surface area contributed by atoms with E-state index in [0.717, 1.165) is 17.7 Å². The van der Waals surface area contributed by atoms with Gasteiger partial charge in [0.05, 0.1) is 0 Å². The van der Waals surface area contributed by atoms with Crippen LogP contribution in [0.1, 0.15) is 38.5 Å². The van der Waals surface area contributed by atoms with Crippen molar-refractivity contribution in [2.45, 2.75) is 62.8 Å². The molecule has 0 N–H and O–H groups in total. The number of likely N-dealkylation sites (tertiary alicyclic amines) is 1. The van der Waals surface area contributed by atoms with Gasteiger partial charge in [-0.2, -0.15) is 13.2 Å². The van der Waals surface area contributed by atoms with Gasteiger partial charge in [-0.1, -0.05) is 0 Å². The molecule has 5 nitrogen and oxygen atoms in total. The summed E-state index contributed by atoms with van der Waals surface area (Å²) in [5.41, 5.74) is 0. The van der Waals surface area contributed by atoms with Gasteiger partial charge in [0.25, 0.3) is 0 Å². The van der Waals surface area contributed by atoms with Gasteiger partial charge < -0.3 is 14.5 Å². The fourth-order valence-corrected chi connectivity index (χ4v) is 3.58. The Kier molecular flexibility index (Phi) is 4.53. The highest BCUT2D eigenvalue weighted by molar-refractivity contribution is 5.90. The zero-order chi connectivity index (χ0) is 16.6. The number of ether oxygens (including phenoxy) is 1. The Morgan fingerprint density at radius 3 is 2.17 bits per heavy atom. The lowest BCUT2D eigenvalue weighted by molar-refractivity contribution is -0.187. The molecule has 1 aliphatic carbocycles. The number of carbonyl (C=O) groups excluding carboxylic acids is 2. The molecule has 1 unspecified atom stereocenters. The van der Waals surface area contributed by atoms with Crippen molar-refractivity contribution >= 4 is 11.8 Å². The summed E-state index contributed by atoms with van der Waals surface area (Å²) < 4.78 is 43.5. The molecule has 2 saturated heterocycles. The highest BCUT2D eigenvalue weighted by Gasteiger charge is 2.50. The van der Waals surface area contributed by atoms with E-state index >= 15 is 0 Å². The number of halogens is 3. The molecule has 23 heavy (non-hydrogen) atoms. The summed E-state index contributed by atoms with van der Waals surface area (Å²) in [6.07, 6.45) is -0.972. The van der Waals surface area contributed by atoms with E-state index in [1.54, 1.807) is 4.90 Å². The average molecular weight is 334 g/mol. The Morgan fingerprint density at radius 2 is 1.61 bits per heavy atom. The Labute approximate surface area is 132 Å². The fraction of sp³-hybridized carbons (Fsp3) is 0.867. The van der Waals surface area contributed by atoms with Crippen molar-refractivity contribution in [1.29, 1.82) is 0 Å². The summed E-state index contributed by atoms with van der Waals surface area (Å²) in [6, 6.07) is -0.825. The fourth-order valence-electron chi connectivity index (χ4n) is 3.58. The first-order valence-electron chi connectivity index (χ1n) is 8.17. The van der Waals surface area contributed by atoms with E-state index in [1.807, 2.05) is 0 Å². The maximum absolute atomic E-state index is 12.9. The van der Waals surface area contributed by atoms with E-state index in [-0.39, 0.29) is 24.5 Å². The molecule has 2 aliphatic heterocycles.